The van der Waals surface area contributed by atoms with Crippen LogP contribution in [0.25, 0.3) is 0 Å². The Morgan fingerprint density at radius 2 is 2.14 bits per heavy atom. The molecule has 0 bridgehead atoms. The Morgan fingerprint density at radius 1 is 1.43 bits per heavy atom. The molecule has 0 saturated carbocycles. The molecule has 1 unspecified atom stereocenters. The van der Waals surface area contributed by atoms with E-state index >= 15 is 0 Å². The Kier molecular flexibility index (Phi) is 4.51. The number of anilines is 1. The highest BCUT2D eigenvalue weighted by molar-refractivity contribution is 7.91. The Balaban J connectivity index is 2.12. The van der Waals surface area contributed by atoms with E-state index in [1.807, 2.05) is 13.8 Å². The third-order valence-corrected chi connectivity index (χ3v) is 5.27. The SMILES string of the molecule is CC(C)Nc1cncc(C(=O)N(C)C2CCS(=O)(=O)C2)c1. The molecule has 1 atom stereocenters. The molecule has 1 aromatic rings. The van der Waals surface area contributed by atoms with Crippen molar-refractivity contribution < 1.29 is 13.2 Å². The molecular weight excluding hydrogens is 290 g/mol. The monoisotopic (exact) mass is 311 g/mol. The van der Waals surface area contributed by atoms with Crippen LogP contribution in [0, 0.1) is 0 Å². The van der Waals surface area contributed by atoms with Crippen LogP contribution in [0.4, 0.5) is 5.69 Å². The van der Waals surface area contributed by atoms with Crippen LogP contribution in [0.1, 0.15) is 30.6 Å². The standard InChI is InChI=1S/C14H21N3O3S/c1-10(2)16-12-6-11(7-15-8-12)14(18)17(3)13-4-5-21(19,20)9-13/h6-8,10,13,16H,4-5,9H2,1-3H3. The van der Waals surface area contributed by atoms with Crippen molar-refractivity contribution in [3.05, 3.63) is 24.0 Å². The van der Waals surface area contributed by atoms with E-state index in [-0.39, 0.29) is 29.5 Å². The molecule has 2 rings (SSSR count). The summed E-state index contributed by atoms with van der Waals surface area (Å²) < 4.78 is 23.0. The molecule has 1 aliphatic heterocycles. The van der Waals surface area contributed by atoms with Crippen molar-refractivity contribution >= 4 is 21.4 Å². The second-order valence-corrected chi connectivity index (χ2v) is 7.96. The molecule has 1 saturated heterocycles. The quantitative estimate of drug-likeness (QED) is 0.902. The highest BCUT2D eigenvalue weighted by atomic mass is 32.2. The first-order valence-corrected chi connectivity index (χ1v) is 8.80. The van der Waals surface area contributed by atoms with Crippen LogP contribution >= 0.6 is 0 Å². The number of carbonyl (C=O) groups is 1. The summed E-state index contributed by atoms with van der Waals surface area (Å²) in [5.41, 5.74) is 1.25. The fourth-order valence-electron chi connectivity index (χ4n) is 2.42. The van der Waals surface area contributed by atoms with Crippen LogP contribution in [0.3, 0.4) is 0 Å². The van der Waals surface area contributed by atoms with Gasteiger partial charge in [0.2, 0.25) is 0 Å². The van der Waals surface area contributed by atoms with E-state index in [0.717, 1.165) is 5.69 Å². The lowest BCUT2D eigenvalue weighted by Gasteiger charge is -2.23. The van der Waals surface area contributed by atoms with Gasteiger partial charge in [-0.3, -0.25) is 9.78 Å². The van der Waals surface area contributed by atoms with Gasteiger partial charge < -0.3 is 10.2 Å². The van der Waals surface area contributed by atoms with Gasteiger partial charge in [-0.05, 0) is 26.3 Å². The van der Waals surface area contributed by atoms with Crippen molar-refractivity contribution in [1.82, 2.24) is 9.88 Å². The molecule has 1 aliphatic rings. The molecule has 0 aromatic carbocycles. The van der Waals surface area contributed by atoms with Crippen LogP contribution in [0.2, 0.25) is 0 Å². The normalized spacial score (nSPS) is 20.5. The van der Waals surface area contributed by atoms with Crippen LogP contribution < -0.4 is 5.32 Å². The van der Waals surface area contributed by atoms with Gasteiger partial charge >= 0.3 is 0 Å². The fraction of sp³-hybridized carbons (Fsp3) is 0.571. The van der Waals surface area contributed by atoms with Crippen molar-refractivity contribution in [3.8, 4) is 0 Å². The first-order valence-electron chi connectivity index (χ1n) is 6.97. The number of pyridine rings is 1. The van der Waals surface area contributed by atoms with Gasteiger partial charge in [0.15, 0.2) is 9.84 Å². The minimum atomic E-state index is -3.00. The maximum Gasteiger partial charge on any atom is 0.255 e. The van der Waals surface area contributed by atoms with E-state index in [2.05, 4.69) is 10.3 Å². The first-order chi connectivity index (χ1) is 9.78. The highest BCUT2D eigenvalue weighted by Crippen LogP contribution is 2.19. The molecule has 1 N–H and O–H groups in total. The number of hydrogen-bond acceptors (Lipinski definition) is 5. The van der Waals surface area contributed by atoms with E-state index < -0.39 is 9.84 Å². The van der Waals surface area contributed by atoms with Crippen molar-refractivity contribution in [2.75, 3.05) is 23.9 Å². The smallest absolute Gasteiger partial charge is 0.255 e. The number of nitrogens with zero attached hydrogens (tertiary/aromatic N) is 2. The molecule has 0 radical (unpaired) electrons. The molecule has 116 valence electrons. The number of amides is 1. The van der Waals surface area contributed by atoms with Crippen LogP contribution in [-0.4, -0.2) is 54.8 Å². The molecule has 7 heteroatoms. The van der Waals surface area contributed by atoms with Crippen LogP contribution in [0.5, 0.6) is 0 Å². The molecule has 6 nitrogen and oxygen atoms in total. The summed E-state index contributed by atoms with van der Waals surface area (Å²) in [5.74, 6) is 0.00624. The maximum atomic E-state index is 12.4. The van der Waals surface area contributed by atoms with Crippen LogP contribution in [0.15, 0.2) is 18.5 Å². The summed E-state index contributed by atoms with van der Waals surface area (Å²) in [4.78, 5) is 18.0. The Hall–Kier alpha value is -1.63. The zero-order chi connectivity index (χ0) is 15.6. The largest absolute Gasteiger partial charge is 0.382 e. The third kappa shape index (κ3) is 3.93. The molecule has 2 heterocycles. The van der Waals surface area contributed by atoms with E-state index in [1.165, 1.54) is 11.1 Å². The van der Waals surface area contributed by atoms with Gasteiger partial charge in [0.1, 0.15) is 0 Å². The maximum absolute atomic E-state index is 12.4. The van der Waals surface area contributed by atoms with Gasteiger partial charge in [0.25, 0.3) is 5.91 Å². The van der Waals surface area contributed by atoms with E-state index in [9.17, 15) is 13.2 Å². The summed E-state index contributed by atoms with van der Waals surface area (Å²) in [7, 11) is -1.35. The van der Waals surface area contributed by atoms with Crippen molar-refractivity contribution in [3.63, 3.8) is 0 Å². The number of aromatic nitrogens is 1. The number of carbonyl (C=O) groups excluding carboxylic acids is 1. The summed E-state index contributed by atoms with van der Waals surface area (Å²) in [6, 6.07) is 1.74. The molecule has 0 spiro atoms. The molecular formula is C14H21N3O3S. The van der Waals surface area contributed by atoms with Gasteiger partial charge in [0.05, 0.1) is 22.8 Å². The van der Waals surface area contributed by atoms with Gasteiger partial charge in [-0.15, -0.1) is 0 Å². The zero-order valence-corrected chi connectivity index (χ0v) is 13.4. The minimum Gasteiger partial charge on any atom is -0.382 e. The Morgan fingerprint density at radius 3 is 2.71 bits per heavy atom. The topological polar surface area (TPSA) is 79.4 Å². The van der Waals surface area contributed by atoms with E-state index in [1.54, 1.807) is 19.3 Å². The lowest BCUT2D eigenvalue weighted by atomic mass is 10.2. The predicted octanol–water partition coefficient (Wildman–Crippen LogP) is 1.16. The number of hydrogen-bond donors (Lipinski definition) is 1. The molecule has 1 aromatic heterocycles. The lowest BCUT2D eigenvalue weighted by molar-refractivity contribution is 0.0747. The van der Waals surface area contributed by atoms with Crippen LogP contribution in [-0.2, 0) is 9.84 Å². The summed E-state index contributed by atoms with van der Waals surface area (Å²) in [5, 5.41) is 3.19. The zero-order valence-electron chi connectivity index (χ0n) is 12.5. The third-order valence-electron chi connectivity index (χ3n) is 3.52. The molecule has 1 amide bonds. The number of nitrogens with one attached hydrogen (secondary N) is 1. The van der Waals surface area contributed by atoms with Gasteiger partial charge in [-0.2, -0.15) is 0 Å². The Labute approximate surface area is 125 Å². The van der Waals surface area contributed by atoms with Gasteiger partial charge in [-0.25, -0.2) is 8.42 Å². The van der Waals surface area contributed by atoms with E-state index in [0.29, 0.717) is 12.0 Å². The number of sulfone groups is 1. The second-order valence-electron chi connectivity index (χ2n) is 5.73. The fourth-order valence-corrected chi connectivity index (χ4v) is 4.19. The predicted molar refractivity (Wildman–Crippen MR) is 82.1 cm³/mol. The first kappa shape index (κ1) is 15.8. The van der Waals surface area contributed by atoms with Gasteiger partial charge in [-0.1, -0.05) is 0 Å². The molecule has 0 aliphatic carbocycles. The highest BCUT2D eigenvalue weighted by Gasteiger charge is 2.33. The summed E-state index contributed by atoms with van der Waals surface area (Å²) >= 11 is 0. The minimum absolute atomic E-state index is 0.0482. The van der Waals surface area contributed by atoms with E-state index in [4.69, 9.17) is 0 Å². The number of rotatable bonds is 4. The summed E-state index contributed by atoms with van der Waals surface area (Å²) in [6.07, 6.45) is 3.67. The lowest BCUT2D eigenvalue weighted by Crippen LogP contribution is -2.37. The molecule has 1 fully saturated rings. The second kappa shape index (κ2) is 6.01. The average Bonchev–Trinajstić information content (AvgIpc) is 2.77. The molecule has 21 heavy (non-hydrogen) atoms. The average molecular weight is 311 g/mol. The van der Waals surface area contributed by atoms with Crippen molar-refractivity contribution in [1.29, 1.82) is 0 Å². The summed E-state index contributed by atoms with van der Waals surface area (Å²) in [6.45, 7) is 4.01. The van der Waals surface area contributed by atoms with Crippen molar-refractivity contribution in [2.24, 2.45) is 0 Å². The Bertz CT molecular complexity index is 628. The van der Waals surface area contributed by atoms with Gasteiger partial charge in [0, 0.05) is 31.5 Å². The van der Waals surface area contributed by atoms with Crippen molar-refractivity contribution in [2.45, 2.75) is 32.4 Å².